The molecule has 2 rings (SSSR count). The van der Waals surface area contributed by atoms with E-state index in [2.05, 4.69) is 15.6 Å². The van der Waals surface area contributed by atoms with E-state index in [1.54, 1.807) is 0 Å². The molecule has 5 nitrogen and oxygen atoms in total. The molecule has 0 fully saturated rings. The van der Waals surface area contributed by atoms with Crippen LogP contribution in [0.15, 0.2) is 36.5 Å². The van der Waals surface area contributed by atoms with Crippen LogP contribution in [0.3, 0.4) is 0 Å². The van der Waals surface area contributed by atoms with Gasteiger partial charge in [-0.05, 0) is 30.7 Å². The number of nitrogens with zero attached hydrogens (tertiary/aromatic N) is 1. The summed E-state index contributed by atoms with van der Waals surface area (Å²) in [7, 11) is 0. The summed E-state index contributed by atoms with van der Waals surface area (Å²) in [4.78, 5) is 27.9. The van der Waals surface area contributed by atoms with Crippen LogP contribution >= 0.6 is 0 Å². The van der Waals surface area contributed by atoms with E-state index < -0.39 is 23.2 Å². The first-order valence-electron chi connectivity index (χ1n) is 7.52. The van der Waals surface area contributed by atoms with E-state index in [1.165, 1.54) is 24.4 Å². The molecule has 0 unspecified atom stereocenters. The first kappa shape index (κ1) is 17.5. The molecular weight excluding hydrogens is 316 g/mol. The van der Waals surface area contributed by atoms with Gasteiger partial charge in [0.05, 0.1) is 0 Å². The molecule has 1 aromatic heterocycles. The third-order valence-corrected chi connectivity index (χ3v) is 3.27. The van der Waals surface area contributed by atoms with Gasteiger partial charge >= 0.3 is 0 Å². The first-order valence-corrected chi connectivity index (χ1v) is 7.52. The highest BCUT2D eigenvalue weighted by Gasteiger charge is 2.16. The lowest BCUT2D eigenvalue weighted by Gasteiger charge is -2.08. The number of para-hydroxylation sites is 1. The van der Waals surface area contributed by atoms with E-state index in [-0.39, 0.29) is 17.2 Å². The van der Waals surface area contributed by atoms with Crippen molar-refractivity contribution in [2.24, 2.45) is 0 Å². The Bertz CT molecular complexity index is 730. The number of rotatable bonds is 6. The zero-order valence-electron chi connectivity index (χ0n) is 13.1. The van der Waals surface area contributed by atoms with Crippen LogP contribution in [0.25, 0.3) is 0 Å². The molecule has 2 N–H and O–H groups in total. The van der Waals surface area contributed by atoms with E-state index >= 15 is 0 Å². The highest BCUT2D eigenvalue weighted by Crippen LogP contribution is 2.18. The molecule has 24 heavy (non-hydrogen) atoms. The Kier molecular flexibility index (Phi) is 5.95. The maximum atomic E-state index is 13.6. The number of anilines is 1. The minimum atomic E-state index is -0.892. The van der Waals surface area contributed by atoms with Gasteiger partial charge in [-0.1, -0.05) is 19.4 Å². The molecule has 0 aliphatic heterocycles. The fourth-order valence-corrected chi connectivity index (χ4v) is 1.97. The number of pyridine rings is 1. The number of carbonyl (C=O) groups excluding carboxylic acids is 2. The fraction of sp³-hybridized carbons (Fsp3) is 0.235. The van der Waals surface area contributed by atoms with Crippen LogP contribution in [0.1, 0.15) is 40.6 Å². The van der Waals surface area contributed by atoms with E-state index in [1.807, 2.05) is 6.92 Å². The van der Waals surface area contributed by atoms with Crippen molar-refractivity contribution in [3.63, 3.8) is 0 Å². The Morgan fingerprint density at radius 1 is 1.12 bits per heavy atom. The zero-order valence-corrected chi connectivity index (χ0v) is 13.1. The Morgan fingerprint density at radius 2 is 1.83 bits per heavy atom. The van der Waals surface area contributed by atoms with Gasteiger partial charge in [0.15, 0.2) is 0 Å². The minimum absolute atomic E-state index is 0.110. The molecule has 0 radical (unpaired) electrons. The van der Waals surface area contributed by atoms with Gasteiger partial charge in [-0.3, -0.25) is 14.6 Å². The SMILES string of the molecule is CCCCNC(=O)c1ccnc(C(=O)Nc2c(F)cccc2F)c1. The smallest absolute Gasteiger partial charge is 0.274 e. The highest BCUT2D eigenvalue weighted by molar-refractivity contribution is 6.04. The summed E-state index contributed by atoms with van der Waals surface area (Å²) in [6.45, 7) is 2.53. The van der Waals surface area contributed by atoms with Gasteiger partial charge < -0.3 is 10.6 Å². The molecule has 0 spiro atoms. The number of aromatic nitrogens is 1. The summed E-state index contributed by atoms with van der Waals surface area (Å²) in [5.74, 6) is -2.92. The van der Waals surface area contributed by atoms with Crippen LogP contribution in [0.4, 0.5) is 14.5 Å². The normalized spacial score (nSPS) is 10.3. The number of carbonyl (C=O) groups is 2. The predicted octanol–water partition coefficient (Wildman–Crippen LogP) is 3.14. The van der Waals surface area contributed by atoms with Crippen molar-refractivity contribution >= 4 is 17.5 Å². The Balaban J connectivity index is 2.13. The molecule has 2 amide bonds. The second-order valence-electron chi connectivity index (χ2n) is 5.09. The summed E-state index contributed by atoms with van der Waals surface area (Å²) in [5.41, 5.74) is -0.414. The minimum Gasteiger partial charge on any atom is -0.352 e. The zero-order chi connectivity index (χ0) is 17.5. The molecule has 0 saturated heterocycles. The van der Waals surface area contributed by atoms with Crippen LogP contribution in [-0.2, 0) is 0 Å². The van der Waals surface area contributed by atoms with Crippen molar-refractivity contribution in [3.05, 3.63) is 59.4 Å². The van der Waals surface area contributed by atoms with Gasteiger partial charge in [0.25, 0.3) is 11.8 Å². The van der Waals surface area contributed by atoms with Crippen LogP contribution < -0.4 is 10.6 Å². The van der Waals surface area contributed by atoms with E-state index in [0.717, 1.165) is 25.0 Å². The number of amides is 2. The van der Waals surface area contributed by atoms with Crippen LogP contribution in [-0.4, -0.2) is 23.3 Å². The number of benzene rings is 1. The number of halogens is 2. The van der Waals surface area contributed by atoms with E-state index in [9.17, 15) is 18.4 Å². The number of hydrogen-bond acceptors (Lipinski definition) is 3. The summed E-state index contributed by atoms with van der Waals surface area (Å²) >= 11 is 0. The van der Waals surface area contributed by atoms with E-state index in [0.29, 0.717) is 6.54 Å². The van der Waals surface area contributed by atoms with Crippen molar-refractivity contribution < 1.29 is 18.4 Å². The largest absolute Gasteiger partial charge is 0.352 e. The van der Waals surface area contributed by atoms with Gasteiger partial charge in [-0.2, -0.15) is 0 Å². The molecule has 2 aromatic rings. The van der Waals surface area contributed by atoms with Crippen LogP contribution in [0, 0.1) is 11.6 Å². The average Bonchev–Trinajstić information content (AvgIpc) is 2.58. The number of nitrogens with one attached hydrogen (secondary N) is 2. The topological polar surface area (TPSA) is 71.1 Å². The molecule has 0 aliphatic rings. The van der Waals surface area contributed by atoms with Crippen molar-refractivity contribution in [1.82, 2.24) is 10.3 Å². The van der Waals surface area contributed by atoms with Crippen molar-refractivity contribution in [3.8, 4) is 0 Å². The quantitative estimate of drug-likeness (QED) is 0.798. The fourth-order valence-electron chi connectivity index (χ4n) is 1.97. The Labute approximate surface area is 138 Å². The molecule has 0 atom stereocenters. The molecule has 0 saturated carbocycles. The van der Waals surface area contributed by atoms with Crippen molar-refractivity contribution in [2.75, 3.05) is 11.9 Å². The lowest BCUT2D eigenvalue weighted by atomic mass is 10.2. The maximum Gasteiger partial charge on any atom is 0.274 e. The summed E-state index contributed by atoms with van der Waals surface area (Å²) < 4.78 is 27.1. The summed E-state index contributed by atoms with van der Waals surface area (Å²) in [5, 5.41) is 4.85. The molecule has 1 heterocycles. The standard InChI is InChI=1S/C17H17F2N3O2/c1-2-3-8-21-16(23)11-7-9-20-14(10-11)17(24)22-15-12(18)5-4-6-13(15)19/h4-7,9-10H,2-3,8H2,1H3,(H,21,23)(H,22,24). The predicted molar refractivity (Wildman–Crippen MR) is 85.8 cm³/mol. The van der Waals surface area contributed by atoms with Crippen LogP contribution in [0.2, 0.25) is 0 Å². The maximum absolute atomic E-state index is 13.6. The van der Waals surface area contributed by atoms with Crippen molar-refractivity contribution in [1.29, 1.82) is 0 Å². The highest BCUT2D eigenvalue weighted by atomic mass is 19.1. The summed E-state index contributed by atoms with van der Waals surface area (Å²) in [6, 6.07) is 5.99. The van der Waals surface area contributed by atoms with Gasteiger partial charge in [0, 0.05) is 18.3 Å². The van der Waals surface area contributed by atoms with Gasteiger partial charge in [-0.15, -0.1) is 0 Å². The third kappa shape index (κ3) is 4.34. The van der Waals surface area contributed by atoms with Crippen molar-refractivity contribution in [2.45, 2.75) is 19.8 Å². The molecular formula is C17H17F2N3O2. The monoisotopic (exact) mass is 333 g/mol. The molecule has 7 heteroatoms. The average molecular weight is 333 g/mol. The second kappa shape index (κ2) is 8.14. The molecule has 0 aliphatic carbocycles. The Morgan fingerprint density at radius 3 is 2.50 bits per heavy atom. The summed E-state index contributed by atoms with van der Waals surface area (Å²) in [6.07, 6.45) is 3.08. The molecule has 1 aromatic carbocycles. The van der Waals surface area contributed by atoms with Crippen LogP contribution in [0.5, 0.6) is 0 Å². The number of unbranched alkanes of at least 4 members (excludes halogenated alkanes) is 1. The molecule has 126 valence electrons. The lowest BCUT2D eigenvalue weighted by molar-refractivity contribution is 0.0953. The Hall–Kier alpha value is -2.83. The van der Waals surface area contributed by atoms with Gasteiger partial charge in [-0.25, -0.2) is 8.78 Å². The first-order chi connectivity index (χ1) is 11.5. The van der Waals surface area contributed by atoms with E-state index in [4.69, 9.17) is 0 Å². The van der Waals surface area contributed by atoms with Gasteiger partial charge in [0.1, 0.15) is 23.0 Å². The second-order valence-corrected chi connectivity index (χ2v) is 5.09. The number of hydrogen-bond donors (Lipinski definition) is 2. The van der Waals surface area contributed by atoms with Gasteiger partial charge in [0.2, 0.25) is 0 Å². The molecule has 0 bridgehead atoms. The lowest BCUT2D eigenvalue weighted by Crippen LogP contribution is -2.25. The third-order valence-electron chi connectivity index (χ3n) is 3.27.